The van der Waals surface area contributed by atoms with Crippen LogP contribution in [0.2, 0.25) is 15.2 Å². The minimum Gasteiger partial charge on any atom is -0.381 e. The van der Waals surface area contributed by atoms with E-state index in [0.29, 0.717) is 21.8 Å². The van der Waals surface area contributed by atoms with Crippen molar-refractivity contribution in [2.75, 3.05) is 25.1 Å². The number of pyridine rings is 1. The smallest absolute Gasteiger partial charge is 0.150 e. The van der Waals surface area contributed by atoms with E-state index in [1.807, 2.05) is 0 Å². The summed E-state index contributed by atoms with van der Waals surface area (Å²) in [6.45, 7) is 2.39. The third-order valence-corrected chi connectivity index (χ3v) is 3.43. The van der Waals surface area contributed by atoms with Crippen LogP contribution in [0.15, 0.2) is 6.07 Å². The van der Waals surface area contributed by atoms with Crippen molar-refractivity contribution in [3.8, 4) is 0 Å². The molecule has 0 spiro atoms. The molecule has 1 aromatic heterocycles. The number of halogens is 3. The Hall–Kier alpha value is -0.220. The lowest BCUT2D eigenvalue weighted by Crippen LogP contribution is -2.15. The summed E-state index contributed by atoms with van der Waals surface area (Å²) in [5.41, 5.74) is 0. The molecule has 1 N–H and O–H groups in total. The summed E-state index contributed by atoms with van der Waals surface area (Å²) in [6.07, 6.45) is 1.06. The molecule has 3 nitrogen and oxygen atoms in total. The fraction of sp³-hybridized carbons (Fsp3) is 0.500. The highest BCUT2D eigenvalue weighted by atomic mass is 35.5. The van der Waals surface area contributed by atoms with Gasteiger partial charge in [-0.25, -0.2) is 4.98 Å². The van der Waals surface area contributed by atoms with E-state index in [4.69, 9.17) is 39.5 Å². The van der Waals surface area contributed by atoms with Crippen LogP contribution in [0, 0.1) is 5.92 Å². The lowest BCUT2D eigenvalue weighted by molar-refractivity contribution is 0.187. The fourth-order valence-corrected chi connectivity index (χ4v) is 2.12. The maximum absolute atomic E-state index is 5.99. The van der Waals surface area contributed by atoms with E-state index in [2.05, 4.69) is 10.3 Å². The molecule has 16 heavy (non-hydrogen) atoms. The molecule has 1 saturated heterocycles. The highest BCUT2D eigenvalue weighted by molar-refractivity contribution is 6.42. The zero-order valence-electron chi connectivity index (χ0n) is 8.47. The lowest BCUT2D eigenvalue weighted by atomic mass is 10.1. The third kappa shape index (κ3) is 2.92. The molecule has 1 aromatic rings. The molecule has 88 valence electrons. The molecule has 0 bridgehead atoms. The van der Waals surface area contributed by atoms with Gasteiger partial charge in [-0.2, -0.15) is 0 Å². The number of hydrogen-bond donors (Lipinski definition) is 1. The average Bonchev–Trinajstić information content (AvgIpc) is 2.74. The molecule has 0 saturated carbocycles. The van der Waals surface area contributed by atoms with Gasteiger partial charge < -0.3 is 10.1 Å². The first kappa shape index (κ1) is 12.2. The summed E-state index contributed by atoms with van der Waals surface area (Å²) >= 11 is 17.6. The Bertz CT molecular complexity index is 381. The molecule has 6 heteroatoms. The van der Waals surface area contributed by atoms with Crippen LogP contribution < -0.4 is 5.32 Å². The van der Waals surface area contributed by atoms with Crippen molar-refractivity contribution >= 4 is 40.6 Å². The fourth-order valence-electron chi connectivity index (χ4n) is 1.55. The summed E-state index contributed by atoms with van der Waals surface area (Å²) in [5.74, 6) is 1.08. The van der Waals surface area contributed by atoms with Crippen molar-refractivity contribution < 1.29 is 4.74 Å². The van der Waals surface area contributed by atoms with Gasteiger partial charge in [-0.1, -0.05) is 34.8 Å². The van der Waals surface area contributed by atoms with Gasteiger partial charge in [0.15, 0.2) is 0 Å². The highest BCUT2D eigenvalue weighted by Crippen LogP contribution is 2.29. The zero-order chi connectivity index (χ0) is 11.5. The predicted molar refractivity (Wildman–Crippen MR) is 66.7 cm³/mol. The molecular weight excluding hydrogens is 270 g/mol. The Morgan fingerprint density at radius 3 is 2.88 bits per heavy atom. The molecular formula is C10H11Cl3N2O. The van der Waals surface area contributed by atoms with Gasteiger partial charge in [0.05, 0.1) is 16.7 Å². The lowest BCUT2D eigenvalue weighted by Gasteiger charge is -2.11. The number of anilines is 1. The van der Waals surface area contributed by atoms with Crippen LogP contribution in [0.25, 0.3) is 0 Å². The second-order valence-corrected chi connectivity index (χ2v) is 4.87. The Morgan fingerprint density at radius 2 is 2.19 bits per heavy atom. The molecule has 1 atom stereocenters. The van der Waals surface area contributed by atoms with Gasteiger partial charge in [0, 0.05) is 19.1 Å². The Kier molecular flexibility index (Phi) is 4.14. The van der Waals surface area contributed by atoms with Crippen LogP contribution in [0.4, 0.5) is 5.82 Å². The largest absolute Gasteiger partial charge is 0.381 e. The summed E-state index contributed by atoms with van der Waals surface area (Å²) in [6, 6.07) is 1.59. The van der Waals surface area contributed by atoms with Crippen LogP contribution in [-0.4, -0.2) is 24.7 Å². The molecule has 0 aromatic carbocycles. The molecule has 0 amide bonds. The van der Waals surface area contributed by atoms with Gasteiger partial charge in [0.1, 0.15) is 11.0 Å². The maximum Gasteiger partial charge on any atom is 0.150 e. The first-order chi connectivity index (χ1) is 7.66. The van der Waals surface area contributed by atoms with E-state index in [1.165, 1.54) is 0 Å². The van der Waals surface area contributed by atoms with Crippen molar-refractivity contribution in [1.82, 2.24) is 4.98 Å². The van der Waals surface area contributed by atoms with Gasteiger partial charge in [0.2, 0.25) is 0 Å². The molecule has 1 aliphatic rings. The highest BCUT2D eigenvalue weighted by Gasteiger charge is 2.16. The van der Waals surface area contributed by atoms with Crippen LogP contribution in [0.1, 0.15) is 6.42 Å². The summed E-state index contributed by atoms with van der Waals surface area (Å²) < 4.78 is 5.28. The normalized spacial score (nSPS) is 20.1. The van der Waals surface area contributed by atoms with E-state index in [0.717, 1.165) is 26.2 Å². The Balaban J connectivity index is 2.00. The van der Waals surface area contributed by atoms with E-state index in [1.54, 1.807) is 6.07 Å². The molecule has 1 fully saturated rings. The van der Waals surface area contributed by atoms with Crippen molar-refractivity contribution in [3.63, 3.8) is 0 Å². The quantitative estimate of drug-likeness (QED) is 0.861. The van der Waals surface area contributed by atoms with Crippen LogP contribution >= 0.6 is 34.8 Å². The van der Waals surface area contributed by atoms with E-state index in [9.17, 15) is 0 Å². The average molecular weight is 282 g/mol. The zero-order valence-corrected chi connectivity index (χ0v) is 10.7. The number of nitrogens with one attached hydrogen (secondary N) is 1. The minimum atomic E-state index is 0.260. The minimum absolute atomic E-state index is 0.260. The van der Waals surface area contributed by atoms with E-state index in [-0.39, 0.29) is 5.15 Å². The second kappa shape index (κ2) is 5.41. The Morgan fingerprint density at radius 1 is 1.38 bits per heavy atom. The first-order valence-corrected chi connectivity index (χ1v) is 6.13. The van der Waals surface area contributed by atoms with E-state index >= 15 is 0 Å². The van der Waals surface area contributed by atoms with E-state index < -0.39 is 0 Å². The summed E-state index contributed by atoms with van der Waals surface area (Å²) in [4.78, 5) is 4.08. The summed E-state index contributed by atoms with van der Waals surface area (Å²) in [7, 11) is 0. The Labute approximate surface area is 109 Å². The van der Waals surface area contributed by atoms with Gasteiger partial charge in [-0.3, -0.25) is 0 Å². The molecule has 2 heterocycles. The topological polar surface area (TPSA) is 34.1 Å². The predicted octanol–water partition coefficient (Wildman–Crippen LogP) is 3.49. The second-order valence-electron chi connectivity index (χ2n) is 3.70. The van der Waals surface area contributed by atoms with Crippen LogP contribution in [0.5, 0.6) is 0 Å². The molecule has 1 aliphatic heterocycles. The standard InChI is InChI=1S/C10H11Cl3N2O/c11-7-3-8(12)10(15-9(7)13)14-4-6-1-2-16-5-6/h3,6H,1-2,4-5H2,(H,14,15). The maximum atomic E-state index is 5.99. The van der Waals surface area contributed by atoms with Gasteiger partial charge in [-0.15, -0.1) is 0 Å². The SMILES string of the molecule is Clc1cc(Cl)c(NCC2CCOC2)nc1Cl. The number of aromatic nitrogens is 1. The van der Waals surface area contributed by atoms with Gasteiger partial charge in [-0.05, 0) is 12.5 Å². The third-order valence-electron chi connectivity index (χ3n) is 2.47. The first-order valence-electron chi connectivity index (χ1n) is 5.00. The van der Waals surface area contributed by atoms with Crippen molar-refractivity contribution in [2.24, 2.45) is 5.92 Å². The van der Waals surface area contributed by atoms with Crippen molar-refractivity contribution in [3.05, 3.63) is 21.3 Å². The molecule has 0 radical (unpaired) electrons. The van der Waals surface area contributed by atoms with Crippen LogP contribution in [-0.2, 0) is 4.74 Å². The molecule has 0 aliphatic carbocycles. The summed E-state index contributed by atoms with van der Waals surface area (Å²) in [5, 5.41) is 4.26. The number of rotatable bonds is 3. The molecule has 1 unspecified atom stereocenters. The monoisotopic (exact) mass is 280 g/mol. The number of hydrogen-bond acceptors (Lipinski definition) is 3. The van der Waals surface area contributed by atoms with Crippen molar-refractivity contribution in [2.45, 2.75) is 6.42 Å². The molecule has 2 rings (SSSR count). The van der Waals surface area contributed by atoms with Gasteiger partial charge >= 0.3 is 0 Å². The number of ether oxygens (including phenoxy) is 1. The number of nitrogens with zero attached hydrogens (tertiary/aromatic N) is 1. The van der Waals surface area contributed by atoms with Crippen LogP contribution in [0.3, 0.4) is 0 Å². The van der Waals surface area contributed by atoms with Crippen molar-refractivity contribution in [1.29, 1.82) is 0 Å². The van der Waals surface area contributed by atoms with Gasteiger partial charge in [0.25, 0.3) is 0 Å².